The van der Waals surface area contributed by atoms with Gasteiger partial charge in [-0.3, -0.25) is 0 Å². The maximum absolute atomic E-state index is 5.67. The summed E-state index contributed by atoms with van der Waals surface area (Å²) in [6.07, 6.45) is 8.07. The Balaban J connectivity index is 1.76. The lowest BCUT2D eigenvalue weighted by Crippen LogP contribution is -2.22. The van der Waals surface area contributed by atoms with Crippen LogP contribution in [0.1, 0.15) is 52.4 Å². The molecular formula is C15H32O4Si. The summed E-state index contributed by atoms with van der Waals surface area (Å²) in [5, 5.41) is 0. The quantitative estimate of drug-likeness (QED) is 0.265. The molecule has 1 saturated heterocycles. The van der Waals surface area contributed by atoms with Crippen LogP contribution >= 0.6 is 0 Å². The molecule has 0 aliphatic carbocycles. The molecule has 0 radical (unpaired) electrons. The molecule has 20 heavy (non-hydrogen) atoms. The van der Waals surface area contributed by atoms with Crippen molar-refractivity contribution in [3.05, 3.63) is 0 Å². The van der Waals surface area contributed by atoms with Crippen LogP contribution in [0.3, 0.4) is 0 Å². The minimum atomic E-state index is -1.34. The fraction of sp³-hybridized carbons (Fsp3) is 1.00. The summed E-state index contributed by atoms with van der Waals surface area (Å²) in [6, 6.07) is 1.16. The number of hydrogen-bond acceptors (Lipinski definition) is 4. The highest BCUT2D eigenvalue weighted by Crippen LogP contribution is 2.11. The van der Waals surface area contributed by atoms with Gasteiger partial charge in [0.25, 0.3) is 0 Å². The molecule has 1 aliphatic rings. The predicted octanol–water partition coefficient (Wildman–Crippen LogP) is 3.04. The van der Waals surface area contributed by atoms with Crippen LogP contribution in [0, 0.1) is 0 Å². The monoisotopic (exact) mass is 304 g/mol. The van der Waals surface area contributed by atoms with Crippen LogP contribution in [-0.2, 0) is 18.3 Å². The normalized spacial score (nSPS) is 17.9. The minimum absolute atomic E-state index is 0.405. The smallest absolute Gasteiger partial charge is 0.321 e. The average molecular weight is 305 g/mol. The van der Waals surface area contributed by atoms with E-state index in [1.54, 1.807) is 0 Å². The zero-order valence-electron chi connectivity index (χ0n) is 13.3. The van der Waals surface area contributed by atoms with Crippen LogP contribution < -0.4 is 0 Å². The molecule has 0 spiro atoms. The van der Waals surface area contributed by atoms with Gasteiger partial charge in [0.15, 0.2) is 0 Å². The van der Waals surface area contributed by atoms with Gasteiger partial charge in [0.1, 0.15) is 6.10 Å². The third-order valence-electron chi connectivity index (χ3n) is 3.39. The van der Waals surface area contributed by atoms with E-state index in [-0.39, 0.29) is 0 Å². The van der Waals surface area contributed by atoms with E-state index < -0.39 is 9.28 Å². The fourth-order valence-corrected chi connectivity index (χ4v) is 3.98. The van der Waals surface area contributed by atoms with Gasteiger partial charge >= 0.3 is 9.28 Å². The van der Waals surface area contributed by atoms with Crippen molar-refractivity contribution in [3.8, 4) is 0 Å². The van der Waals surface area contributed by atoms with Crippen molar-refractivity contribution in [3.63, 3.8) is 0 Å². The fourth-order valence-electron chi connectivity index (χ4n) is 2.19. The van der Waals surface area contributed by atoms with Gasteiger partial charge in [0.2, 0.25) is 0 Å². The summed E-state index contributed by atoms with van der Waals surface area (Å²) in [5.74, 6) is 0. The second kappa shape index (κ2) is 12.8. The van der Waals surface area contributed by atoms with Crippen LogP contribution in [-0.4, -0.2) is 48.4 Å². The molecule has 0 aromatic heterocycles. The first-order valence-corrected chi connectivity index (χ1v) is 10.0. The second-order valence-electron chi connectivity index (χ2n) is 5.28. The molecule has 0 saturated carbocycles. The molecule has 1 heterocycles. The van der Waals surface area contributed by atoms with Gasteiger partial charge in [-0.25, -0.2) is 0 Å². The zero-order valence-corrected chi connectivity index (χ0v) is 14.4. The summed E-state index contributed by atoms with van der Waals surface area (Å²) >= 11 is 0. The summed E-state index contributed by atoms with van der Waals surface area (Å²) < 4.78 is 21.9. The summed E-state index contributed by atoms with van der Waals surface area (Å²) in [4.78, 5) is 0. The molecule has 1 aliphatic heterocycles. The van der Waals surface area contributed by atoms with Crippen LogP contribution in [0.2, 0.25) is 6.04 Å². The molecule has 1 fully saturated rings. The number of rotatable bonds is 15. The Bertz CT molecular complexity index is 206. The number of ether oxygens (including phenoxy) is 2. The topological polar surface area (TPSA) is 40.2 Å². The minimum Gasteiger partial charge on any atom is -0.397 e. The van der Waals surface area contributed by atoms with Crippen molar-refractivity contribution in [2.75, 3.05) is 33.0 Å². The largest absolute Gasteiger partial charge is 0.397 e. The lowest BCUT2D eigenvalue weighted by Gasteiger charge is -2.14. The molecular weight excluding hydrogens is 272 g/mol. The van der Waals surface area contributed by atoms with E-state index in [0.717, 1.165) is 39.1 Å². The molecule has 0 aromatic rings. The van der Waals surface area contributed by atoms with Gasteiger partial charge in [0.05, 0.1) is 13.2 Å². The first-order valence-electron chi connectivity index (χ1n) is 8.29. The maximum Gasteiger partial charge on any atom is 0.321 e. The number of hydrogen-bond donors (Lipinski definition) is 0. The van der Waals surface area contributed by atoms with Crippen molar-refractivity contribution < 1.29 is 18.3 Å². The van der Waals surface area contributed by atoms with Crippen LogP contribution in [0.4, 0.5) is 0 Å². The van der Waals surface area contributed by atoms with Crippen molar-refractivity contribution in [1.82, 2.24) is 0 Å². The highest BCUT2D eigenvalue weighted by Gasteiger charge is 2.21. The Morgan fingerprint density at radius 3 is 2.15 bits per heavy atom. The third kappa shape index (κ3) is 10.8. The van der Waals surface area contributed by atoms with E-state index in [4.69, 9.17) is 18.3 Å². The Morgan fingerprint density at radius 2 is 1.55 bits per heavy atom. The van der Waals surface area contributed by atoms with Crippen molar-refractivity contribution >= 4 is 9.28 Å². The second-order valence-corrected chi connectivity index (χ2v) is 7.38. The standard InChI is InChI=1S/C15H32O4Si/c1-3-18-20(19-4-2)12-10-8-6-5-7-9-11-16-13-15-14-17-15/h15,20H,3-14H2,1-2H3. The summed E-state index contributed by atoms with van der Waals surface area (Å²) in [5.41, 5.74) is 0. The summed E-state index contributed by atoms with van der Waals surface area (Å²) in [6.45, 7) is 8.27. The van der Waals surface area contributed by atoms with Crippen LogP contribution in [0.25, 0.3) is 0 Å². The lowest BCUT2D eigenvalue weighted by atomic mass is 10.1. The van der Waals surface area contributed by atoms with Crippen LogP contribution in [0.5, 0.6) is 0 Å². The highest BCUT2D eigenvalue weighted by molar-refractivity contribution is 6.44. The van der Waals surface area contributed by atoms with Crippen molar-refractivity contribution in [2.24, 2.45) is 0 Å². The predicted molar refractivity (Wildman–Crippen MR) is 83.5 cm³/mol. The molecule has 120 valence electrons. The van der Waals surface area contributed by atoms with E-state index in [0.29, 0.717) is 6.10 Å². The Morgan fingerprint density at radius 1 is 0.950 bits per heavy atom. The molecule has 1 unspecified atom stereocenters. The lowest BCUT2D eigenvalue weighted by molar-refractivity contribution is 0.113. The van der Waals surface area contributed by atoms with Gasteiger partial charge < -0.3 is 18.3 Å². The average Bonchev–Trinajstić information content (AvgIpc) is 3.25. The van der Waals surface area contributed by atoms with Crippen molar-refractivity contribution in [2.45, 2.75) is 64.5 Å². The molecule has 1 atom stereocenters. The van der Waals surface area contributed by atoms with Crippen LogP contribution in [0.15, 0.2) is 0 Å². The maximum atomic E-state index is 5.67. The van der Waals surface area contributed by atoms with Gasteiger partial charge in [-0.05, 0) is 26.3 Å². The van der Waals surface area contributed by atoms with E-state index >= 15 is 0 Å². The summed E-state index contributed by atoms with van der Waals surface area (Å²) in [7, 11) is -1.34. The Hall–Kier alpha value is 0.0569. The van der Waals surface area contributed by atoms with Gasteiger partial charge in [-0.2, -0.15) is 0 Å². The SMILES string of the molecule is CCO[SiH](CCCCCCCCOCC1CO1)OCC. The molecule has 5 heteroatoms. The highest BCUT2D eigenvalue weighted by atomic mass is 28.3. The number of epoxide rings is 1. The van der Waals surface area contributed by atoms with E-state index in [1.165, 1.54) is 38.5 Å². The zero-order chi connectivity index (χ0) is 14.5. The molecule has 0 N–H and O–H groups in total. The third-order valence-corrected chi connectivity index (χ3v) is 5.68. The van der Waals surface area contributed by atoms with Gasteiger partial charge in [0, 0.05) is 19.8 Å². The van der Waals surface area contributed by atoms with Gasteiger partial charge in [-0.1, -0.05) is 32.1 Å². The van der Waals surface area contributed by atoms with Gasteiger partial charge in [-0.15, -0.1) is 0 Å². The molecule has 0 aromatic carbocycles. The number of unbranched alkanes of at least 4 members (excludes halogenated alkanes) is 5. The van der Waals surface area contributed by atoms with E-state index in [9.17, 15) is 0 Å². The molecule has 0 bridgehead atoms. The Kier molecular flexibility index (Phi) is 11.6. The van der Waals surface area contributed by atoms with E-state index in [2.05, 4.69) is 13.8 Å². The first-order chi connectivity index (χ1) is 9.86. The van der Waals surface area contributed by atoms with E-state index in [1.807, 2.05) is 0 Å². The Labute approximate surface area is 126 Å². The molecule has 1 rings (SSSR count). The van der Waals surface area contributed by atoms with Crippen molar-refractivity contribution in [1.29, 1.82) is 0 Å². The molecule has 4 nitrogen and oxygen atoms in total. The first kappa shape index (κ1) is 18.1. The molecule has 0 amide bonds.